The van der Waals surface area contributed by atoms with Crippen molar-refractivity contribution in [3.63, 3.8) is 0 Å². The second-order valence-corrected chi connectivity index (χ2v) is 10.8. The summed E-state index contributed by atoms with van der Waals surface area (Å²) in [5.41, 5.74) is 13.2. The Bertz CT molecular complexity index is 1200. The van der Waals surface area contributed by atoms with Crippen molar-refractivity contribution >= 4 is 40.8 Å². The largest absolute Gasteiger partial charge is 0.394 e. The van der Waals surface area contributed by atoms with Gasteiger partial charge in [0.25, 0.3) is 0 Å². The van der Waals surface area contributed by atoms with Gasteiger partial charge in [-0.05, 0) is 50.3 Å². The van der Waals surface area contributed by atoms with Crippen molar-refractivity contribution in [3.05, 3.63) is 36.0 Å². The van der Waals surface area contributed by atoms with Crippen molar-refractivity contribution in [1.29, 1.82) is 0 Å². The van der Waals surface area contributed by atoms with Gasteiger partial charge in [0.15, 0.2) is 0 Å². The standard InChI is InChI=1S/C29H44N7O6/c1-17(2)12-20(15-37)34-29(42)25(16-38)36-26(39)18(3)33-28(41)24(35-27(40)22(31)9-6-7-11-30)13-19-14-32-23-10-5-4-8-21(19)23/h4-5,8,10,14,17-18,20,22,24-25,32,38H,6-7,9,11-13,16,30-31H2,1-3H3,(H,33,41)(H,34,42)(H,35,40)(H,36,39)/t18-,20-,22-,24-,25-/m0/s1. The third-order valence-corrected chi connectivity index (χ3v) is 6.77. The van der Waals surface area contributed by atoms with Gasteiger partial charge in [-0.3, -0.25) is 24.0 Å². The Morgan fingerprint density at radius 2 is 1.60 bits per heavy atom. The zero-order valence-electron chi connectivity index (χ0n) is 24.4. The molecule has 1 aromatic heterocycles. The molecule has 42 heavy (non-hydrogen) atoms. The Balaban J connectivity index is 2.12. The van der Waals surface area contributed by atoms with E-state index in [0.29, 0.717) is 32.2 Å². The minimum atomic E-state index is -1.35. The Labute approximate surface area is 245 Å². The monoisotopic (exact) mass is 586 g/mol. The Kier molecular flexibility index (Phi) is 14.1. The number of benzene rings is 1. The highest BCUT2D eigenvalue weighted by atomic mass is 16.3. The van der Waals surface area contributed by atoms with Gasteiger partial charge >= 0.3 is 0 Å². The van der Waals surface area contributed by atoms with E-state index in [0.717, 1.165) is 16.5 Å². The summed E-state index contributed by atoms with van der Waals surface area (Å²) in [4.78, 5) is 66.0. The van der Waals surface area contributed by atoms with Crippen molar-refractivity contribution in [3.8, 4) is 0 Å². The van der Waals surface area contributed by atoms with Crippen LogP contribution in [0.4, 0.5) is 0 Å². The third-order valence-electron chi connectivity index (χ3n) is 6.77. The maximum atomic E-state index is 13.4. The van der Waals surface area contributed by atoms with Crippen molar-refractivity contribution < 1.29 is 29.1 Å². The molecule has 1 radical (unpaired) electrons. The molecule has 0 spiro atoms. The Hall–Kier alpha value is -3.81. The molecule has 2 rings (SSSR count). The van der Waals surface area contributed by atoms with Gasteiger partial charge in [0.2, 0.25) is 29.9 Å². The first-order valence-corrected chi connectivity index (χ1v) is 14.2. The van der Waals surface area contributed by atoms with Crippen LogP contribution >= 0.6 is 0 Å². The molecule has 13 heteroatoms. The van der Waals surface area contributed by atoms with E-state index in [9.17, 15) is 29.1 Å². The Morgan fingerprint density at radius 1 is 0.929 bits per heavy atom. The number of hydrogen-bond acceptors (Lipinski definition) is 8. The summed E-state index contributed by atoms with van der Waals surface area (Å²) in [5.74, 6) is -2.55. The van der Waals surface area contributed by atoms with Gasteiger partial charge in [0.05, 0.1) is 18.7 Å². The molecule has 0 fully saturated rings. The number of hydrogen-bond donors (Lipinski definition) is 8. The first-order chi connectivity index (χ1) is 20.0. The summed E-state index contributed by atoms with van der Waals surface area (Å²) in [6, 6.07) is 2.22. The molecule has 10 N–H and O–H groups in total. The van der Waals surface area contributed by atoms with Crippen LogP contribution in [0.2, 0.25) is 0 Å². The Morgan fingerprint density at radius 3 is 2.24 bits per heavy atom. The molecule has 0 aliphatic heterocycles. The summed E-state index contributed by atoms with van der Waals surface area (Å²) in [7, 11) is 0. The number of rotatable bonds is 18. The lowest BCUT2D eigenvalue weighted by molar-refractivity contribution is -0.134. The number of aliphatic hydroxyl groups excluding tert-OH is 1. The van der Waals surface area contributed by atoms with Gasteiger partial charge < -0.3 is 42.8 Å². The fourth-order valence-electron chi connectivity index (χ4n) is 4.40. The molecule has 0 saturated heterocycles. The van der Waals surface area contributed by atoms with Gasteiger partial charge in [-0.1, -0.05) is 38.5 Å². The van der Waals surface area contributed by atoms with Crippen molar-refractivity contribution in [1.82, 2.24) is 26.3 Å². The molecule has 0 aliphatic rings. The number of nitrogens with two attached hydrogens (primary N) is 2. The first kappa shape index (κ1) is 34.4. The molecule has 0 unspecified atom stereocenters. The van der Waals surface area contributed by atoms with Gasteiger partial charge in [-0.25, -0.2) is 0 Å². The van der Waals surface area contributed by atoms with E-state index in [1.807, 2.05) is 38.1 Å². The fourth-order valence-corrected chi connectivity index (χ4v) is 4.40. The molecule has 1 aromatic carbocycles. The lowest BCUT2D eigenvalue weighted by atomic mass is 10.0. The molecule has 1 heterocycles. The highest BCUT2D eigenvalue weighted by Gasteiger charge is 2.29. The van der Waals surface area contributed by atoms with Crippen LogP contribution in [-0.4, -0.2) is 83.4 Å². The summed E-state index contributed by atoms with van der Waals surface area (Å²) >= 11 is 0. The number of aromatic nitrogens is 1. The van der Waals surface area contributed by atoms with E-state index in [-0.39, 0.29) is 12.3 Å². The van der Waals surface area contributed by atoms with Crippen LogP contribution in [0, 0.1) is 5.92 Å². The number of aromatic amines is 1. The second-order valence-electron chi connectivity index (χ2n) is 10.8. The van der Waals surface area contributed by atoms with Crippen LogP contribution in [0.25, 0.3) is 10.9 Å². The number of para-hydroxylation sites is 1. The number of fused-ring (bicyclic) bond motifs is 1. The molecule has 2 aromatic rings. The predicted molar refractivity (Wildman–Crippen MR) is 159 cm³/mol. The average Bonchev–Trinajstić information content (AvgIpc) is 3.37. The van der Waals surface area contributed by atoms with E-state index in [1.165, 1.54) is 6.92 Å². The highest BCUT2D eigenvalue weighted by molar-refractivity contribution is 5.95. The predicted octanol–water partition coefficient (Wildman–Crippen LogP) is -0.726. The average molecular weight is 587 g/mol. The fraction of sp³-hybridized carbons (Fsp3) is 0.552. The van der Waals surface area contributed by atoms with E-state index >= 15 is 0 Å². The zero-order chi connectivity index (χ0) is 31.2. The molecular formula is C29H44N7O6. The lowest BCUT2D eigenvalue weighted by Crippen LogP contribution is -2.58. The van der Waals surface area contributed by atoms with E-state index < -0.39 is 60.4 Å². The molecule has 231 valence electrons. The van der Waals surface area contributed by atoms with Crippen molar-refractivity contribution in [2.75, 3.05) is 13.2 Å². The summed E-state index contributed by atoms with van der Waals surface area (Å²) in [5, 5.41) is 20.7. The van der Waals surface area contributed by atoms with Crippen LogP contribution < -0.4 is 32.7 Å². The number of carbonyl (C=O) groups is 4. The van der Waals surface area contributed by atoms with E-state index in [2.05, 4.69) is 26.3 Å². The number of nitrogens with one attached hydrogen (secondary N) is 5. The van der Waals surface area contributed by atoms with Gasteiger partial charge in [0.1, 0.15) is 18.1 Å². The molecule has 5 atom stereocenters. The van der Waals surface area contributed by atoms with Crippen LogP contribution in [0.1, 0.15) is 52.0 Å². The van der Waals surface area contributed by atoms with Crippen LogP contribution in [0.5, 0.6) is 0 Å². The third kappa shape index (κ3) is 10.5. The highest BCUT2D eigenvalue weighted by Crippen LogP contribution is 2.19. The molecular weight excluding hydrogens is 542 g/mol. The van der Waals surface area contributed by atoms with Gasteiger partial charge in [-0.2, -0.15) is 0 Å². The topological polar surface area (TPSA) is 222 Å². The lowest BCUT2D eigenvalue weighted by Gasteiger charge is -2.24. The summed E-state index contributed by atoms with van der Waals surface area (Å²) < 4.78 is 0. The first-order valence-electron chi connectivity index (χ1n) is 14.2. The SMILES string of the molecule is CC(C)C[C@@H]([C]=O)NC(=O)[C@H](CO)NC(=O)[C@H](C)NC(=O)[C@H](Cc1c[nH]c2ccccc12)NC(=O)[C@@H](N)CCCCN. The number of aliphatic hydroxyl groups is 1. The van der Waals surface area contributed by atoms with Crippen molar-refractivity contribution in [2.24, 2.45) is 17.4 Å². The number of unbranched alkanes of at least 4 members (excludes halogenated alkanes) is 1. The maximum absolute atomic E-state index is 13.4. The summed E-state index contributed by atoms with van der Waals surface area (Å²) in [6.07, 6.45) is 5.72. The number of H-pyrrole nitrogens is 1. The maximum Gasteiger partial charge on any atom is 0.245 e. The zero-order valence-corrected chi connectivity index (χ0v) is 24.4. The second kappa shape index (κ2) is 17.2. The van der Waals surface area contributed by atoms with E-state index in [1.54, 1.807) is 12.5 Å². The van der Waals surface area contributed by atoms with Crippen molar-refractivity contribution in [2.45, 2.75) is 83.1 Å². The number of carbonyl (C=O) groups excluding carboxylic acids is 5. The summed E-state index contributed by atoms with van der Waals surface area (Å²) in [6.45, 7) is 4.90. The minimum absolute atomic E-state index is 0.104. The van der Waals surface area contributed by atoms with Gasteiger partial charge in [0, 0.05) is 23.5 Å². The quantitative estimate of drug-likeness (QED) is 0.104. The molecule has 0 saturated carbocycles. The number of amides is 4. The molecule has 0 aliphatic carbocycles. The van der Waals surface area contributed by atoms with Gasteiger partial charge in [-0.15, -0.1) is 0 Å². The van der Waals surface area contributed by atoms with Crippen LogP contribution in [-0.2, 0) is 30.4 Å². The molecule has 13 nitrogen and oxygen atoms in total. The molecule has 0 bridgehead atoms. The van der Waals surface area contributed by atoms with Crippen LogP contribution in [0.3, 0.4) is 0 Å². The smallest absolute Gasteiger partial charge is 0.245 e. The normalized spacial score (nSPS) is 14.8. The van der Waals surface area contributed by atoms with Crippen LogP contribution in [0.15, 0.2) is 30.5 Å². The minimum Gasteiger partial charge on any atom is -0.394 e. The van der Waals surface area contributed by atoms with E-state index in [4.69, 9.17) is 11.5 Å². The molecule has 4 amide bonds.